The number of allylic oxidation sites excluding steroid dienone is 6. The normalized spacial score (nSPS) is 33.8. The lowest BCUT2D eigenvalue weighted by molar-refractivity contribution is -0.135. The van der Waals surface area contributed by atoms with Gasteiger partial charge in [0.15, 0.2) is 0 Å². The third kappa shape index (κ3) is 8.55. The first-order valence-corrected chi connectivity index (χ1v) is 29.2. The largest absolute Gasteiger partial charge is 0.508 e. The van der Waals surface area contributed by atoms with Gasteiger partial charge in [0.25, 0.3) is 0 Å². The Morgan fingerprint density at radius 2 is 1.70 bits per heavy atom. The summed E-state index contributed by atoms with van der Waals surface area (Å²) in [6.45, 7) is 6.25. The lowest BCUT2D eigenvalue weighted by Gasteiger charge is -2.62. The van der Waals surface area contributed by atoms with Gasteiger partial charge in [-0.15, -0.1) is 0 Å². The fraction of sp³-hybridized carbons (Fsp3) is 0.463. The summed E-state index contributed by atoms with van der Waals surface area (Å²) >= 11 is 0. The number of benzene rings is 4. The molecular formula is C67H76N4O6. The molecule has 0 aromatic heterocycles. The molecule has 12 atom stereocenters. The van der Waals surface area contributed by atoms with Crippen LogP contribution in [-0.4, -0.2) is 61.1 Å². The lowest BCUT2D eigenvalue weighted by Crippen LogP contribution is -2.58. The summed E-state index contributed by atoms with van der Waals surface area (Å²) in [5.41, 5.74) is 9.39. The van der Waals surface area contributed by atoms with Crippen molar-refractivity contribution in [1.29, 1.82) is 0 Å². The second-order valence-electron chi connectivity index (χ2n) is 24.5. The summed E-state index contributed by atoms with van der Waals surface area (Å²) in [4.78, 5) is 31.0. The number of carbonyl (C=O) groups is 2. The SMILES string of the molecule is CC[C@H](/C=C1\OC(=O)C2=C3c4cc(O)ccc4-c4cccc(c4)[C@@H]4/C=C/[C@]56CCC7=C(C(=O)OC7=CC[C@]7([C@@H]8CCN[C@H](NC)C8)CC[C@@H](C7)[C@@H](NC[C@H](C)O)c7cccc(c7)CCN4)[C@@H]5[C@]21CC[C@@H]36)Cc1ccccc1. The van der Waals surface area contributed by atoms with Gasteiger partial charge in [0, 0.05) is 41.6 Å². The molecule has 2 spiro atoms. The van der Waals surface area contributed by atoms with E-state index in [1.807, 2.05) is 25.1 Å². The van der Waals surface area contributed by atoms with Crippen LogP contribution in [0.15, 0.2) is 150 Å². The van der Waals surface area contributed by atoms with Crippen molar-refractivity contribution < 1.29 is 29.3 Å². The first-order valence-electron chi connectivity index (χ1n) is 29.2. The Morgan fingerprint density at radius 1 is 0.844 bits per heavy atom. The molecule has 14 bridgehead atoms. The second-order valence-corrected chi connectivity index (χ2v) is 24.5. The fourth-order valence-electron chi connectivity index (χ4n) is 16.9. The van der Waals surface area contributed by atoms with E-state index < -0.39 is 22.9 Å². The number of ether oxygens (including phenoxy) is 2. The molecule has 2 saturated carbocycles. The van der Waals surface area contributed by atoms with Gasteiger partial charge in [0.05, 0.1) is 29.3 Å². The minimum absolute atomic E-state index is 0.0429. The molecule has 15 rings (SSSR count). The molecule has 6 aliphatic carbocycles. The zero-order valence-electron chi connectivity index (χ0n) is 45.1. The number of cyclic esters (lactones) is 1. The third-order valence-corrected chi connectivity index (χ3v) is 20.4. The summed E-state index contributed by atoms with van der Waals surface area (Å²) < 4.78 is 13.6. The third-order valence-electron chi connectivity index (χ3n) is 20.4. The molecule has 4 aromatic rings. The first kappa shape index (κ1) is 50.6. The number of phenolic OH excluding ortho intramolecular Hbond substituents is 1. The quantitative estimate of drug-likeness (QED) is 0.0709. The van der Waals surface area contributed by atoms with Crippen LogP contribution in [0.3, 0.4) is 0 Å². The highest BCUT2D eigenvalue weighted by Crippen LogP contribution is 2.77. The van der Waals surface area contributed by atoms with Crippen molar-refractivity contribution in [2.75, 3.05) is 26.7 Å². The zero-order chi connectivity index (χ0) is 52.6. The molecule has 0 amide bonds. The molecule has 2 saturated heterocycles. The number of aromatic hydroxyl groups is 1. The highest BCUT2D eigenvalue weighted by molar-refractivity contribution is 6.08. The Morgan fingerprint density at radius 3 is 2.55 bits per heavy atom. The van der Waals surface area contributed by atoms with Crippen molar-refractivity contribution in [3.63, 3.8) is 0 Å². The van der Waals surface area contributed by atoms with Crippen LogP contribution in [0.1, 0.15) is 124 Å². The molecule has 6 N–H and O–H groups in total. The number of piperidine rings is 1. The predicted molar refractivity (Wildman–Crippen MR) is 300 cm³/mol. The maximum absolute atomic E-state index is 15.6. The van der Waals surface area contributed by atoms with Gasteiger partial charge in [-0.3, -0.25) is 0 Å². The van der Waals surface area contributed by atoms with E-state index in [-0.39, 0.29) is 53.2 Å². The Balaban J connectivity index is 1.04. The molecule has 5 heterocycles. The van der Waals surface area contributed by atoms with Crippen molar-refractivity contribution in [2.24, 2.45) is 45.8 Å². The van der Waals surface area contributed by atoms with Crippen LogP contribution in [0.5, 0.6) is 5.75 Å². The number of fused-ring (bicyclic) bond motifs is 9. The van der Waals surface area contributed by atoms with E-state index in [1.54, 1.807) is 6.07 Å². The summed E-state index contributed by atoms with van der Waals surface area (Å²) in [5.74, 6) is 1.12. The van der Waals surface area contributed by atoms with Crippen molar-refractivity contribution in [3.05, 3.63) is 177 Å². The van der Waals surface area contributed by atoms with Gasteiger partial charge in [-0.25, -0.2) is 9.59 Å². The molecular weight excluding hydrogens is 957 g/mol. The molecule has 0 unspecified atom stereocenters. The van der Waals surface area contributed by atoms with Crippen LogP contribution < -0.4 is 21.3 Å². The van der Waals surface area contributed by atoms with Crippen LogP contribution >= 0.6 is 0 Å². The highest BCUT2D eigenvalue weighted by atomic mass is 16.6. The van der Waals surface area contributed by atoms with Crippen LogP contribution in [0.4, 0.5) is 0 Å². The maximum atomic E-state index is 15.6. The van der Waals surface area contributed by atoms with E-state index in [2.05, 4.69) is 132 Å². The van der Waals surface area contributed by atoms with Gasteiger partial charge >= 0.3 is 11.9 Å². The Hall–Kier alpha value is -5.88. The van der Waals surface area contributed by atoms with Gasteiger partial charge < -0.3 is 41.0 Å². The number of nitrogens with one attached hydrogen (secondary N) is 4. The van der Waals surface area contributed by atoms with Crippen molar-refractivity contribution in [2.45, 2.75) is 122 Å². The molecule has 4 aromatic carbocycles. The number of esters is 2. The minimum atomic E-state index is -0.976. The minimum Gasteiger partial charge on any atom is -0.508 e. The van der Waals surface area contributed by atoms with Crippen LogP contribution in [0.25, 0.3) is 16.7 Å². The average Bonchev–Trinajstić information content (AvgIpc) is 3.70. The van der Waals surface area contributed by atoms with Gasteiger partial charge in [-0.1, -0.05) is 97.9 Å². The van der Waals surface area contributed by atoms with Gasteiger partial charge in [-0.2, -0.15) is 0 Å². The molecule has 77 heavy (non-hydrogen) atoms. The number of phenols is 1. The monoisotopic (exact) mass is 1030 g/mol. The summed E-state index contributed by atoms with van der Waals surface area (Å²) in [5, 5.41) is 37.5. The topological polar surface area (TPSA) is 141 Å². The predicted octanol–water partition coefficient (Wildman–Crippen LogP) is 11.3. The van der Waals surface area contributed by atoms with Crippen LogP contribution in [-0.2, 0) is 31.9 Å². The van der Waals surface area contributed by atoms with E-state index >= 15 is 9.59 Å². The standard InChI is InChI=1S/C67H76N4O6/c1-4-41(32-42-10-6-5-7-11-42)34-56-67-29-20-53-58(60(67)64(75)77-56)52-37-49(73)16-17-50(52)44-13-9-14-45(35-44)54-21-28-66(53)27-19-51-55(76-63(74)59(51)62(66)67)22-26-65(48-24-31-70-57(36-48)68-3)25-18-47(38-65)61(71-39-40(2)72)46-15-8-12-43(33-46)23-30-69-54/h5-17,21-22,28,33-35,37,40-41,47-48,53-54,57,61-62,68-73H,4,18-20,23-27,29-32,36,38-39H2,1-3H3/b28-21+,55-22?,56-34-/t40-,41-,47-,48+,53-,54-,57-,61-,62-,65+,66-,67-/m0/s1. The van der Waals surface area contributed by atoms with Gasteiger partial charge in [0.1, 0.15) is 17.3 Å². The van der Waals surface area contributed by atoms with E-state index in [9.17, 15) is 10.2 Å². The number of hydrogen-bond acceptors (Lipinski definition) is 10. The average molecular weight is 1030 g/mol. The van der Waals surface area contributed by atoms with Crippen molar-refractivity contribution >= 4 is 17.5 Å². The fourth-order valence-corrected chi connectivity index (χ4v) is 16.9. The van der Waals surface area contributed by atoms with E-state index in [0.717, 1.165) is 123 Å². The van der Waals surface area contributed by atoms with E-state index in [1.165, 1.54) is 16.7 Å². The van der Waals surface area contributed by atoms with Crippen molar-refractivity contribution in [3.8, 4) is 16.9 Å². The Kier molecular flexibility index (Phi) is 13.2. The number of aliphatic hydroxyl groups excluding tert-OH is 1. The molecule has 11 aliphatic rings. The van der Waals surface area contributed by atoms with Gasteiger partial charge in [-0.05, 0) is 208 Å². The molecule has 0 radical (unpaired) electrons. The Labute approximate surface area is 454 Å². The molecule has 10 heteroatoms. The second kappa shape index (κ2) is 20.1. The van der Waals surface area contributed by atoms with E-state index in [4.69, 9.17) is 9.47 Å². The highest BCUT2D eigenvalue weighted by Gasteiger charge is 2.73. The number of hydrogen-bond donors (Lipinski definition) is 6. The summed E-state index contributed by atoms with van der Waals surface area (Å²) in [6, 6.07) is 34.0. The van der Waals surface area contributed by atoms with Crippen molar-refractivity contribution in [1.82, 2.24) is 21.3 Å². The van der Waals surface area contributed by atoms with Gasteiger partial charge in [0.2, 0.25) is 0 Å². The van der Waals surface area contributed by atoms with E-state index in [0.29, 0.717) is 48.3 Å². The zero-order valence-corrected chi connectivity index (χ0v) is 45.1. The Bertz CT molecular complexity index is 3150. The number of rotatable bonds is 9. The van der Waals surface area contributed by atoms with Crippen LogP contribution in [0, 0.1) is 45.8 Å². The maximum Gasteiger partial charge on any atom is 0.340 e. The summed E-state index contributed by atoms with van der Waals surface area (Å²) in [6.07, 6.45) is 20.5. The van der Waals surface area contributed by atoms with Crippen LogP contribution in [0.2, 0.25) is 0 Å². The number of carbonyl (C=O) groups excluding carboxylic acids is 2. The molecule has 10 nitrogen and oxygen atoms in total. The molecule has 400 valence electrons. The lowest BCUT2D eigenvalue weighted by atomic mass is 9.38. The first-order chi connectivity index (χ1) is 37.5. The number of aliphatic hydroxyl groups is 1. The molecule has 4 fully saturated rings. The molecule has 5 aliphatic heterocycles. The smallest absolute Gasteiger partial charge is 0.340 e. The summed E-state index contributed by atoms with van der Waals surface area (Å²) in [7, 11) is 2.05.